The van der Waals surface area contributed by atoms with Gasteiger partial charge in [0.05, 0.1) is 14.2 Å². The van der Waals surface area contributed by atoms with Crippen LogP contribution in [0.25, 0.3) is 0 Å². The van der Waals surface area contributed by atoms with E-state index in [1.165, 1.54) is 0 Å². The van der Waals surface area contributed by atoms with Crippen LogP contribution in [0.2, 0.25) is 0 Å². The molecule has 0 fully saturated rings. The Morgan fingerprint density at radius 2 is 1.76 bits per heavy atom. The fourth-order valence-electron chi connectivity index (χ4n) is 2.21. The summed E-state index contributed by atoms with van der Waals surface area (Å²) in [5.74, 6) is 1.49. The number of anilines is 1. The summed E-state index contributed by atoms with van der Waals surface area (Å²) in [6, 6.07) is 13.9. The average molecular weight is 287 g/mol. The number of benzene rings is 2. The molecule has 0 bridgehead atoms. The van der Waals surface area contributed by atoms with E-state index in [9.17, 15) is 0 Å². The molecule has 0 aliphatic heterocycles. The zero-order chi connectivity index (χ0) is 15.1. The second kappa shape index (κ2) is 7.55. The normalized spacial score (nSPS) is 10.2. The number of hydrogen-bond acceptors (Lipinski definition) is 4. The Kier molecular flexibility index (Phi) is 5.46. The predicted molar refractivity (Wildman–Crippen MR) is 84.1 cm³/mol. The molecule has 0 saturated heterocycles. The minimum absolute atomic E-state index is 0.174. The fraction of sp³-hybridized carbons (Fsp3) is 0.294. The van der Waals surface area contributed by atoms with Crippen LogP contribution in [0.5, 0.6) is 11.5 Å². The van der Waals surface area contributed by atoms with Gasteiger partial charge in [-0.3, -0.25) is 0 Å². The van der Waals surface area contributed by atoms with Crippen molar-refractivity contribution in [3.05, 3.63) is 53.6 Å². The Morgan fingerprint density at radius 1 is 1.00 bits per heavy atom. The topological polar surface area (TPSA) is 50.7 Å². The van der Waals surface area contributed by atoms with Crippen LogP contribution >= 0.6 is 0 Å². The van der Waals surface area contributed by atoms with Crippen molar-refractivity contribution < 1.29 is 14.6 Å². The van der Waals surface area contributed by atoms with Crippen molar-refractivity contribution in [2.45, 2.75) is 13.0 Å². The summed E-state index contributed by atoms with van der Waals surface area (Å²) in [6.45, 7) is 0.827. The van der Waals surface area contributed by atoms with Gasteiger partial charge in [0.15, 0.2) is 11.5 Å². The van der Waals surface area contributed by atoms with Gasteiger partial charge in [0, 0.05) is 24.4 Å². The van der Waals surface area contributed by atoms with Gasteiger partial charge in [0.25, 0.3) is 0 Å². The number of rotatable bonds is 7. The highest BCUT2D eigenvalue weighted by atomic mass is 16.5. The Labute approximate surface area is 125 Å². The Hall–Kier alpha value is -2.20. The van der Waals surface area contributed by atoms with E-state index in [1.54, 1.807) is 14.2 Å². The van der Waals surface area contributed by atoms with Crippen molar-refractivity contribution in [3.63, 3.8) is 0 Å². The Bertz CT molecular complexity index is 567. The molecule has 0 heterocycles. The summed E-state index contributed by atoms with van der Waals surface area (Å²) in [5.41, 5.74) is 3.19. The maximum atomic E-state index is 8.91. The van der Waals surface area contributed by atoms with Crippen LogP contribution in [-0.2, 0) is 13.0 Å². The number of aliphatic hydroxyl groups excluding tert-OH is 1. The van der Waals surface area contributed by atoms with Crippen LogP contribution in [0.3, 0.4) is 0 Å². The molecular weight excluding hydrogens is 266 g/mol. The number of nitrogens with one attached hydrogen (secondary N) is 1. The van der Waals surface area contributed by atoms with E-state index in [2.05, 4.69) is 5.32 Å². The number of aliphatic hydroxyl groups is 1. The van der Waals surface area contributed by atoms with Crippen LogP contribution in [0, 0.1) is 0 Å². The van der Waals surface area contributed by atoms with Crippen molar-refractivity contribution >= 4 is 5.69 Å². The van der Waals surface area contributed by atoms with Gasteiger partial charge in [-0.15, -0.1) is 0 Å². The van der Waals surface area contributed by atoms with Crippen LogP contribution in [0.4, 0.5) is 5.69 Å². The first kappa shape index (κ1) is 15.2. The maximum absolute atomic E-state index is 8.91. The monoisotopic (exact) mass is 287 g/mol. The number of para-hydroxylation sites is 1. The molecule has 2 N–H and O–H groups in total. The summed E-state index contributed by atoms with van der Waals surface area (Å²) in [6.07, 6.45) is 0.685. The summed E-state index contributed by atoms with van der Waals surface area (Å²) in [5, 5.41) is 12.3. The second-order valence-electron chi connectivity index (χ2n) is 4.68. The number of ether oxygens (including phenoxy) is 2. The predicted octanol–water partition coefficient (Wildman–Crippen LogP) is 2.85. The first-order chi connectivity index (χ1) is 10.3. The van der Waals surface area contributed by atoms with Crippen LogP contribution < -0.4 is 14.8 Å². The minimum atomic E-state index is 0.174. The molecule has 0 aromatic heterocycles. The first-order valence-electron chi connectivity index (χ1n) is 6.92. The first-order valence-corrected chi connectivity index (χ1v) is 6.92. The van der Waals surface area contributed by atoms with Crippen molar-refractivity contribution in [2.24, 2.45) is 0 Å². The average Bonchev–Trinajstić information content (AvgIpc) is 2.54. The van der Waals surface area contributed by atoms with Gasteiger partial charge >= 0.3 is 0 Å². The molecule has 0 saturated carbocycles. The van der Waals surface area contributed by atoms with Gasteiger partial charge in [-0.05, 0) is 30.2 Å². The van der Waals surface area contributed by atoms with E-state index in [1.807, 2.05) is 42.5 Å². The molecular formula is C17H21NO3. The van der Waals surface area contributed by atoms with E-state index in [0.29, 0.717) is 13.0 Å². The molecule has 4 heteroatoms. The summed E-state index contributed by atoms with van der Waals surface area (Å²) in [7, 11) is 3.28. The lowest BCUT2D eigenvalue weighted by Crippen LogP contribution is -2.03. The second-order valence-corrected chi connectivity index (χ2v) is 4.68. The van der Waals surface area contributed by atoms with Crippen LogP contribution in [0.15, 0.2) is 42.5 Å². The molecule has 2 aromatic carbocycles. The molecule has 112 valence electrons. The molecule has 0 atom stereocenters. The molecule has 0 unspecified atom stereocenters. The quantitative estimate of drug-likeness (QED) is 0.822. The van der Waals surface area contributed by atoms with Crippen molar-refractivity contribution in [1.29, 1.82) is 0 Å². The third-order valence-corrected chi connectivity index (χ3v) is 3.32. The Morgan fingerprint density at radius 3 is 2.38 bits per heavy atom. The lowest BCUT2D eigenvalue weighted by atomic mass is 10.1. The molecule has 0 spiro atoms. The highest BCUT2D eigenvalue weighted by Crippen LogP contribution is 2.31. The van der Waals surface area contributed by atoms with E-state index >= 15 is 0 Å². The van der Waals surface area contributed by atoms with Gasteiger partial charge in [-0.2, -0.15) is 0 Å². The van der Waals surface area contributed by atoms with E-state index in [4.69, 9.17) is 14.6 Å². The maximum Gasteiger partial charge on any atom is 0.165 e. The summed E-state index contributed by atoms with van der Waals surface area (Å²) >= 11 is 0. The molecule has 0 radical (unpaired) electrons. The highest BCUT2D eigenvalue weighted by Gasteiger charge is 2.08. The molecule has 21 heavy (non-hydrogen) atoms. The van der Waals surface area contributed by atoms with Gasteiger partial charge in [-0.1, -0.05) is 24.3 Å². The molecule has 2 aromatic rings. The number of hydrogen-bond donors (Lipinski definition) is 2. The van der Waals surface area contributed by atoms with Crippen molar-refractivity contribution in [3.8, 4) is 11.5 Å². The third-order valence-electron chi connectivity index (χ3n) is 3.32. The molecule has 0 amide bonds. The lowest BCUT2D eigenvalue weighted by molar-refractivity contribution is 0.299. The summed E-state index contributed by atoms with van der Waals surface area (Å²) in [4.78, 5) is 0. The molecule has 4 nitrogen and oxygen atoms in total. The molecule has 0 aliphatic carbocycles. The van der Waals surface area contributed by atoms with Gasteiger partial charge < -0.3 is 19.9 Å². The van der Waals surface area contributed by atoms with Crippen molar-refractivity contribution in [2.75, 3.05) is 26.1 Å². The molecule has 0 aliphatic rings. The van der Waals surface area contributed by atoms with Crippen LogP contribution in [-0.4, -0.2) is 25.9 Å². The largest absolute Gasteiger partial charge is 0.493 e. The van der Waals surface area contributed by atoms with Crippen molar-refractivity contribution in [1.82, 2.24) is 0 Å². The van der Waals surface area contributed by atoms with Gasteiger partial charge in [0.2, 0.25) is 0 Å². The Balaban J connectivity index is 2.05. The standard InChI is InChI=1S/C17H21NO3/c1-20-16-5-3-4-14(17(16)21-2)12-18-15-8-6-13(7-9-15)10-11-19/h3-9,18-19H,10-12H2,1-2H3. The van der Waals surface area contributed by atoms with E-state index in [0.717, 1.165) is 28.3 Å². The third kappa shape index (κ3) is 3.89. The zero-order valence-electron chi connectivity index (χ0n) is 12.4. The smallest absolute Gasteiger partial charge is 0.165 e. The molecule has 2 rings (SSSR count). The number of methoxy groups -OCH3 is 2. The lowest BCUT2D eigenvalue weighted by Gasteiger charge is -2.14. The van der Waals surface area contributed by atoms with Crippen LogP contribution in [0.1, 0.15) is 11.1 Å². The SMILES string of the molecule is COc1cccc(CNc2ccc(CCO)cc2)c1OC. The van der Waals surface area contributed by atoms with Gasteiger partial charge in [-0.25, -0.2) is 0 Å². The van der Waals surface area contributed by atoms with E-state index in [-0.39, 0.29) is 6.61 Å². The fourth-order valence-corrected chi connectivity index (χ4v) is 2.21. The van der Waals surface area contributed by atoms with E-state index < -0.39 is 0 Å². The minimum Gasteiger partial charge on any atom is -0.493 e. The zero-order valence-corrected chi connectivity index (χ0v) is 12.4. The summed E-state index contributed by atoms with van der Waals surface area (Å²) < 4.78 is 10.7. The highest BCUT2D eigenvalue weighted by molar-refractivity contribution is 5.50. The van der Waals surface area contributed by atoms with Gasteiger partial charge in [0.1, 0.15) is 0 Å².